The van der Waals surface area contributed by atoms with Gasteiger partial charge in [-0.2, -0.15) is 0 Å². The Morgan fingerprint density at radius 1 is 1.12 bits per heavy atom. The first-order chi connectivity index (χ1) is 12.2. The van der Waals surface area contributed by atoms with Crippen molar-refractivity contribution < 1.29 is 9.59 Å². The van der Waals surface area contributed by atoms with Crippen LogP contribution in [0.25, 0.3) is 0 Å². The van der Waals surface area contributed by atoms with Crippen molar-refractivity contribution in [3.05, 3.63) is 59.7 Å². The Balaban J connectivity index is 1.65. The fourth-order valence-electron chi connectivity index (χ4n) is 3.10. The zero-order valence-electron chi connectivity index (χ0n) is 14.4. The number of nitrogens with one attached hydrogen (secondary N) is 2. The van der Waals surface area contributed by atoms with Gasteiger partial charge in [-0.1, -0.05) is 24.3 Å². The van der Waals surface area contributed by atoms with Crippen molar-refractivity contribution in [3.8, 4) is 0 Å². The number of aryl methyl sites for hydroxylation is 1. The van der Waals surface area contributed by atoms with Gasteiger partial charge in [0.2, 0.25) is 5.91 Å². The molecule has 2 aromatic rings. The number of carbonyl (C=O) groups is 2. The lowest BCUT2D eigenvalue weighted by atomic mass is 10.0. The maximum Gasteiger partial charge on any atom is 0.251 e. The summed E-state index contributed by atoms with van der Waals surface area (Å²) in [5.74, 6) is -0.0713. The maximum absolute atomic E-state index is 12.6. The van der Waals surface area contributed by atoms with Crippen LogP contribution in [-0.2, 0) is 11.2 Å². The van der Waals surface area contributed by atoms with Crippen LogP contribution in [0.15, 0.2) is 48.5 Å². The quantitative estimate of drug-likeness (QED) is 0.882. The number of rotatable bonds is 5. The van der Waals surface area contributed by atoms with Crippen LogP contribution in [0, 0.1) is 0 Å². The van der Waals surface area contributed by atoms with Crippen LogP contribution >= 0.6 is 0 Å². The molecule has 130 valence electrons. The average molecular weight is 337 g/mol. The van der Waals surface area contributed by atoms with Gasteiger partial charge >= 0.3 is 0 Å². The highest BCUT2D eigenvalue weighted by atomic mass is 16.2. The SMILES string of the molecule is CCNC(=O)c1cccc(NCC(=O)N2CCCc3ccccc32)c1. The molecule has 3 rings (SSSR count). The van der Waals surface area contributed by atoms with Crippen molar-refractivity contribution in [2.24, 2.45) is 0 Å². The lowest BCUT2D eigenvalue weighted by Crippen LogP contribution is -2.39. The van der Waals surface area contributed by atoms with Crippen LogP contribution < -0.4 is 15.5 Å². The van der Waals surface area contributed by atoms with Gasteiger partial charge in [0.05, 0.1) is 6.54 Å². The minimum atomic E-state index is -0.109. The summed E-state index contributed by atoms with van der Waals surface area (Å²) in [6.45, 7) is 3.42. The number of amides is 2. The molecule has 0 aromatic heterocycles. The number of benzene rings is 2. The molecule has 1 aliphatic rings. The van der Waals surface area contributed by atoms with E-state index in [1.54, 1.807) is 12.1 Å². The fourth-order valence-corrected chi connectivity index (χ4v) is 3.10. The molecule has 0 saturated heterocycles. The van der Waals surface area contributed by atoms with Crippen molar-refractivity contribution in [3.63, 3.8) is 0 Å². The summed E-state index contributed by atoms with van der Waals surface area (Å²) in [5, 5.41) is 5.91. The smallest absolute Gasteiger partial charge is 0.251 e. The topological polar surface area (TPSA) is 61.4 Å². The van der Waals surface area contributed by atoms with E-state index in [1.807, 2.05) is 42.2 Å². The molecule has 0 unspecified atom stereocenters. The number of anilines is 2. The summed E-state index contributed by atoms with van der Waals surface area (Å²) in [4.78, 5) is 26.4. The van der Waals surface area contributed by atoms with Crippen molar-refractivity contribution >= 4 is 23.2 Å². The number of para-hydroxylation sites is 1. The maximum atomic E-state index is 12.6. The number of hydrogen-bond acceptors (Lipinski definition) is 3. The van der Waals surface area contributed by atoms with Crippen LogP contribution in [-0.4, -0.2) is 31.4 Å². The summed E-state index contributed by atoms with van der Waals surface area (Å²) >= 11 is 0. The first-order valence-corrected chi connectivity index (χ1v) is 8.69. The van der Waals surface area contributed by atoms with Gasteiger partial charge < -0.3 is 15.5 Å². The van der Waals surface area contributed by atoms with E-state index >= 15 is 0 Å². The van der Waals surface area contributed by atoms with Gasteiger partial charge in [0.25, 0.3) is 5.91 Å². The van der Waals surface area contributed by atoms with Crippen LogP contribution in [0.5, 0.6) is 0 Å². The molecular formula is C20H23N3O2. The molecule has 1 heterocycles. The Bertz CT molecular complexity index is 773. The Labute approximate surface area is 148 Å². The lowest BCUT2D eigenvalue weighted by molar-refractivity contribution is -0.117. The molecule has 2 aromatic carbocycles. The highest BCUT2D eigenvalue weighted by molar-refractivity contribution is 5.98. The zero-order chi connectivity index (χ0) is 17.6. The molecule has 1 aliphatic heterocycles. The molecule has 0 spiro atoms. The average Bonchev–Trinajstić information content (AvgIpc) is 2.66. The molecule has 5 heteroatoms. The van der Waals surface area contributed by atoms with Crippen LogP contribution in [0.1, 0.15) is 29.3 Å². The fraction of sp³-hybridized carbons (Fsp3) is 0.300. The predicted octanol–water partition coefficient (Wildman–Crippen LogP) is 2.83. The zero-order valence-corrected chi connectivity index (χ0v) is 14.4. The van der Waals surface area contributed by atoms with Gasteiger partial charge in [0.15, 0.2) is 0 Å². The van der Waals surface area contributed by atoms with Gasteiger partial charge in [-0.15, -0.1) is 0 Å². The summed E-state index contributed by atoms with van der Waals surface area (Å²) in [6.07, 6.45) is 2.00. The summed E-state index contributed by atoms with van der Waals surface area (Å²) in [6, 6.07) is 15.3. The van der Waals surface area contributed by atoms with Crippen molar-refractivity contribution in [2.75, 3.05) is 29.9 Å². The number of hydrogen-bond donors (Lipinski definition) is 2. The molecule has 0 fully saturated rings. The monoisotopic (exact) mass is 337 g/mol. The third-order valence-corrected chi connectivity index (χ3v) is 4.32. The molecule has 5 nitrogen and oxygen atoms in total. The molecule has 2 amide bonds. The van der Waals surface area contributed by atoms with Gasteiger partial charge in [-0.3, -0.25) is 9.59 Å². The minimum Gasteiger partial charge on any atom is -0.376 e. The summed E-state index contributed by atoms with van der Waals surface area (Å²) in [7, 11) is 0. The second-order valence-corrected chi connectivity index (χ2v) is 6.07. The third kappa shape index (κ3) is 3.99. The second kappa shape index (κ2) is 7.83. The normalized spacial score (nSPS) is 13.1. The van der Waals surface area contributed by atoms with Crippen molar-refractivity contribution in [1.29, 1.82) is 0 Å². The van der Waals surface area contributed by atoms with Crippen molar-refractivity contribution in [1.82, 2.24) is 5.32 Å². The van der Waals surface area contributed by atoms with E-state index in [2.05, 4.69) is 16.7 Å². The predicted molar refractivity (Wildman–Crippen MR) is 100 cm³/mol. The van der Waals surface area contributed by atoms with Crippen LogP contribution in [0.2, 0.25) is 0 Å². The number of carbonyl (C=O) groups excluding carboxylic acids is 2. The molecule has 25 heavy (non-hydrogen) atoms. The van der Waals surface area contributed by atoms with E-state index in [9.17, 15) is 9.59 Å². The van der Waals surface area contributed by atoms with E-state index in [-0.39, 0.29) is 18.4 Å². The highest BCUT2D eigenvalue weighted by Crippen LogP contribution is 2.26. The van der Waals surface area contributed by atoms with Gasteiger partial charge in [0, 0.05) is 30.0 Å². The van der Waals surface area contributed by atoms with Crippen LogP contribution in [0.3, 0.4) is 0 Å². The molecular weight excluding hydrogens is 314 g/mol. The molecule has 0 aliphatic carbocycles. The summed E-state index contributed by atoms with van der Waals surface area (Å²) in [5.41, 5.74) is 3.59. The van der Waals surface area contributed by atoms with E-state index in [0.717, 1.165) is 30.8 Å². The van der Waals surface area contributed by atoms with E-state index < -0.39 is 0 Å². The second-order valence-electron chi connectivity index (χ2n) is 6.07. The Morgan fingerprint density at radius 2 is 1.96 bits per heavy atom. The third-order valence-electron chi connectivity index (χ3n) is 4.32. The standard InChI is InChI=1S/C20H23N3O2/c1-2-21-20(25)16-8-5-10-17(13-16)22-14-19(24)23-12-6-9-15-7-3-4-11-18(15)23/h3-5,7-8,10-11,13,22H,2,6,9,12,14H2,1H3,(H,21,25). The van der Waals surface area contributed by atoms with Gasteiger partial charge in [0.1, 0.15) is 0 Å². The number of fused-ring (bicyclic) bond motifs is 1. The molecule has 0 atom stereocenters. The highest BCUT2D eigenvalue weighted by Gasteiger charge is 2.21. The molecule has 0 bridgehead atoms. The number of nitrogens with zero attached hydrogens (tertiary/aromatic N) is 1. The summed E-state index contributed by atoms with van der Waals surface area (Å²) < 4.78 is 0. The van der Waals surface area contributed by atoms with Gasteiger partial charge in [-0.05, 0) is 49.6 Å². The van der Waals surface area contributed by atoms with Crippen molar-refractivity contribution in [2.45, 2.75) is 19.8 Å². The molecule has 0 radical (unpaired) electrons. The minimum absolute atomic E-state index is 0.0376. The van der Waals surface area contributed by atoms with Gasteiger partial charge in [-0.25, -0.2) is 0 Å². The first kappa shape index (κ1) is 17.0. The Kier molecular flexibility index (Phi) is 5.33. The Hall–Kier alpha value is -2.82. The van der Waals surface area contributed by atoms with E-state index in [0.29, 0.717) is 12.1 Å². The van der Waals surface area contributed by atoms with E-state index in [1.165, 1.54) is 5.56 Å². The van der Waals surface area contributed by atoms with Crippen LogP contribution in [0.4, 0.5) is 11.4 Å². The molecule has 0 saturated carbocycles. The van der Waals surface area contributed by atoms with E-state index in [4.69, 9.17) is 0 Å². The Morgan fingerprint density at radius 3 is 2.80 bits per heavy atom. The largest absolute Gasteiger partial charge is 0.376 e. The lowest BCUT2D eigenvalue weighted by Gasteiger charge is -2.29. The first-order valence-electron chi connectivity index (χ1n) is 8.69. The molecule has 2 N–H and O–H groups in total.